The Morgan fingerprint density at radius 3 is 2.83 bits per heavy atom. The highest BCUT2D eigenvalue weighted by molar-refractivity contribution is 5.95. The number of pyridine rings is 1. The number of carbonyl (C=O) groups is 1. The molecule has 1 amide bonds. The predicted molar refractivity (Wildman–Crippen MR) is 111 cm³/mol. The van der Waals surface area contributed by atoms with Crippen LogP contribution in [0.15, 0.2) is 66.9 Å². The smallest absolute Gasteiger partial charge is 0.287 e. The first-order chi connectivity index (χ1) is 14.7. The first-order valence-corrected chi connectivity index (χ1v) is 9.52. The van der Waals surface area contributed by atoms with Crippen LogP contribution in [0, 0.1) is 0 Å². The van der Waals surface area contributed by atoms with Crippen LogP contribution in [0.1, 0.15) is 16.2 Å². The topological polar surface area (TPSA) is 74.1 Å². The van der Waals surface area contributed by atoms with Gasteiger partial charge in [0.2, 0.25) is 12.6 Å². The Balaban J connectivity index is 1.46. The molecular weight excluding hydrogens is 382 g/mol. The zero-order valence-electron chi connectivity index (χ0n) is 16.3. The van der Waals surface area contributed by atoms with E-state index in [2.05, 4.69) is 10.3 Å². The molecule has 0 fully saturated rings. The summed E-state index contributed by atoms with van der Waals surface area (Å²) >= 11 is 0. The maximum absolute atomic E-state index is 13.0. The van der Waals surface area contributed by atoms with Gasteiger partial charge in [0.05, 0.1) is 12.6 Å². The van der Waals surface area contributed by atoms with Crippen molar-refractivity contribution in [2.75, 3.05) is 13.9 Å². The van der Waals surface area contributed by atoms with Crippen molar-refractivity contribution in [3.63, 3.8) is 0 Å². The summed E-state index contributed by atoms with van der Waals surface area (Å²) in [5, 5.41) is 2.94. The van der Waals surface area contributed by atoms with Crippen LogP contribution in [0.5, 0.6) is 17.2 Å². The maximum Gasteiger partial charge on any atom is 0.287 e. The molecule has 7 heteroatoms. The highest BCUT2D eigenvalue weighted by Gasteiger charge is 2.20. The second-order valence-electron chi connectivity index (χ2n) is 6.81. The summed E-state index contributed by atoms with van der Waals surface area (Å²) in [4.78, 5) is 17.6. The number of rotatable bonds is 5. The molecule has 2 aromatic carbocycles. The van der Waals surface area contributed by atoms with Gasteiger partial charge in [0.15, 0.2) is 11.5 Å². The number of para-hydroxylation sites is 1. The van der Waals surface area contributed by atoms with Gasteiger partial charge in [-0.25, -0.2) is 4.98 Å². The number of ether oxygens (including phenoxy) is 3. The van der Waals surface area contributed by atoms with Crippen molar-refractivity contribution in [3.8, 4) is 28.5 Å². The summed E-state index contributed by atoms with van der Waals surface area (Å²) in [5.41, 5.74) is 3.27. The summed E-state index contributed by atoms with van der Waals surface area (Å²) in [6.07, 6.45) is 1.83. The van der Waals surface area contributed by atoms with E-state index in [0.29, 0.717) is 35.3 Å². The van der Waals surface area contributed by atoms with Gasteiger partial charge in [-0.05, 0) is 42.0 Å². The molecule has 0 aliphatic carbocycles. The first-order valence-electron chi connectivity index (χ1n) is 9.52. The Morgan fingerprint density at radius 1 is 1.10 bits per heavy atom. The van der Waals surface area contributed by atoms with E-state index in [9.17, 15) is 4.79 Å². The molecular formula is C23H19N3O4. The lowest BCUT2D eigenvalue weighted by molar-refractivity contribution is 0.0940. The molecule has 0 saturated heterocycles. The standard InChI is InChI=1S/C23H19N3O4/c1-28-18-8-3-2-6-16(18)21-17-7-4-5-11-26(17)22(25-21)23(27)24-13-15-9-10-19-20(12-15)30-14-29-19/h2-12H,13-14H2,1H3,(H,24,27). The molecule has 5 rings (SSSR count). The fourth-order valence-electron chi connectivity index (χ4n) is 3.55. The Morgan fingerprint density at radius 2 is 1.93 bits per heavy atom. The monoisotopic (exact) mass is 401 g/mol. The zero-order valence-corrected chi connectivity index (χ0v) is 16.3. The summed E-state index contributed by atoms with van der Waals surface area (Å²) in [5.74, 6) is 2.15. The van der Waals surface area contributed by atoms with Gasteiger partial charge in [0, 0.05) is 18.3 Å². The van der Waals surface area contributed by atoms with Crippen molar-refractivity contribution in [2.24, 2.45) is 0 Å². The molecule has 0 bridgehead atoms. The molecule has 1 aliphatic heterocycles. The van der Waals surface area contributed by atoms with Crippen molar-refractivity contribution in [2.45, 2.75) is 6.54 Å². The Hall–Kier alpha value is -4.00. The van der Waals surface area contributed by atoms with Gasteiger partial charge in [0.1, 0.15) is 11.4 Å². The second kappa shape index (κ2) is 7.44. The van der Waals surface area contributed by atoms with Gasteiger partial charge in [0.25, 0.3) is 5.91 Å². The number of nitrogens with one attached hydrogen (secondary N) is 1. The van der Waals surface area contributed by atoms with Crippen LogP contribution in [0.2, 0.25) is 0 Å². The largest absolute Gasteiger partial charge is 0.496 e. The Labute approximate surface area is 172 Å². The molecule has 0 atom stereocenters. The molecule has 0 unspecified atom stereocenters. The SMILES string of the molecule is COc1ccccc1-c1nc(C(=O)NCc2ccc3c(c2)OCO3)n2ccccc12. The van der Waals surface area contributed by atoms with E-state index in [4.69, 9.17) is 14.2 Å². The summed E-state index contributed by atoms with van der Waals surface area (Å²) in [6, 6.07) is 19.0. The van der Waals surface area contributed by atoms with E-state index >= 15 is 0 Å². The normalized spacial score (nSPS) is 12.2. The number of hydrogen-bond donors (Lipinski definition) is 1. The number of methoxy groups -OCH3 is 1. The third-order valence-electron chi connectivity index (χ3n) is 5.00. The third-order valence-corrected chi connectivity index (χ3v) is 5.00. The number of nitrogens with zero attached hydrogens (tertiary/aromatic N) is 2. The molecule has 150 valence electrons. The molecule has 3 heterocycles. The van der Waals surface area contributed by atoms with E-state index in [-0.39, 0.29) is 12.7 Å². The van der Waals surface area contributed by atoms with E-state index in [1.165, 1.54) is 0 Å². The van der Waals surface area contributed by atoms with Crippen molar-refractivity contribution >= 4 is 11.4 Å². The molecule has 4 aromatic rings. The quantitative estimate of drug-likeness (QED) is 0.552. The first kappa shape index (κ1) is 18.1. The second-order valence-corrected chi connectivity index (χ2v) is 6.81. The van der Waals surface area contributed by atoms with Crippen LogP contribution >= 0.6 is 0 Å². The Bertz CT molecular complexity index is 1250. The van der Waals surface area contributed by atoms with Crippen molar-refractivity contribution in [3.05, 3.63) is 78.2 Å². The number of amides is 1. The van der Waals surface area contributed by atoms with E-state index in [1.807, 2.05) is 66.9 Å². The average molecular weight is 401 g/mol. The lowest BCUT2D eigenvalue weighted by Crippen LogP contribution is -2.25. The van der Waals surface area contributed by atoms with E-state index in [1.54, 1.807) is 11.5 Å². The van der Waals surface area contributed by atoms with Gasteiger partial charge in [-0.3, -0.25) is 9.20 Å². The fraction of sp³-hybridized carbons (Fsp3) is 0.130. The molecule has 1 N–H and O–H groups in total. The molecule has 0 radical (unpaired) electrons. The average Bonchev–Trinajstić information content (AvgIpc) is 3.42. The van der Waals surface area contributed by atoms with Gasteiger partial charge in [-0.2, -0.15) is 0 Å². The van der Waals surface area contributed by atoms with Gasteiger partial charge in [-0.15, -0.1) is 0 Å². The lowest BCUT2D eigenvalue weighted by Gasteiger charge is -2.06. The highest BCUT2D eigenvalue weighted by Crippen LogP contribution is 2.33. The van der Waals surface area contributed by atoms with E-state index in [0.717, 1.165) is 16.6 Å². The van der Waals surface area contributed by atoms with Crippen LogP contribution in [-0.4, -0.2) is 29.2 Å². The molecule has 2 aromatic heterocycles. The van der Waals surface area contributed by atoms with Crippen molar-refractivity contribution in [1.29, 1.82) is 0 Å². The number of carbonyl (C=O) groups excluding carboxylic acids is 1. The molecule has 0 spiro atoms. The van der Waals surface area contributed by atoms with Crippen LogP contribution in [0.25, 0.3) is 16.8 Å². The van der Waals surface area contributed by atoms with Gasteiger partial charge in [-0.1, -0.05) is 24.3 Å². The number of imidazole rings is 1. The summed E-state index contributed by atoms with van der Waals surface area (Å²) in [7, 11) is 1.62. The molecule has 1 aliphatic rings. The van der Waals surface area contributed by atoms with Crippen LogP contribution < -0.4 is 19.5 Å². The third kappa shape index (κ3) is 3.10. The maximum atomic E-state index is 13.0. The highest BCUT2D eigenvalue weighted by atomic mass is 16.7. The zero-order chi connectivity index (χ0) is 20.5. The van der Waals surface area contributed by atoms with Gasteiger partial charge >= 0.3 is 0 Å². The minimum Gasteiger partial charge on any atom is -0.496 e. The molecule has 7 nitrogen and oxygen atoms in total. The minimum absolute atomic E-state index is 0.219. The number of aromatic nitrogens is 2. The number of fused-ring (bicyclic) bond motifs is 2. The lowest BCUT2D eigenvalue weighted by atomic mass is 10.1. The van der Waals surface area contributed by atoms with Crippen LogP contribution in [0.3, 0.4) is 0 Å². The minimum atomic E-state index is -0.269. The molecule has 30 heavy (non-hydrogen) atoms. The predicted octanol–water partition coefficient (Wildman–Crippen LogP) is 3.67. The Kier molecular flexibility index (Phi) is 4.48. The van der Waals surface area contributed by atoms with Crippen molar-refractivity contribution < 1.29 is 19.0 Å². The van der Waals surface area contributed by atoms with E-state index < -0.39 is 0 Å². The summed E-state index contributed by atoms with van der Waals surface area (Å²) in [6.45, 7) is 0.568. The van der Waals surface area contributed by atoms with Crippen LogP contribution in [-0.2, 0) is 6.54 Å². The van der Waals surface area contributed by atoms with Gasteiger partial charge < -0.3 is 19.5 Å². The van der Waals surface area contributed by atoms with Crippen molar-refractivity contribution in [1.82, 2.24) is 14.7 Å². The molecule has 0 saturated carbocycles. The summed E-state index contributed by atoms with van der Waals surface area (Å²) < 4.78 is 18.0. The fourth-order valence-corrected chi connectivity index (χ4v) is 3.55. The number of benzene rings is 2. The number of hydrogen-bond acceptors (Lipinski definition) is 5. The van der Waals surface area contributed by atoms with Crippen LogP contribution in [0.4, 0.5) is 0 Å².